The number of amides is 1. The van der Waals surface area contributed by atoms with Gasteiger partial charge in [-0.3, -0.25) is 9.59 Å². The molecule has 0 bridgehead atoms. The van der Waals surface area contributed by atoms with E-state index in [2.05, 4.69) is 10.1 Å². The number of thiazole rings is 1. The number of carboxylic acid groups (broad SMARTS) is 1. The number of aliphatic carboxylic acids is 1. The lowest BCUT2D eigenvalue weighted by molar-refractivity contribution is -0.137. The number of carbonyl (C=O) groups excluding carboxylic acids is 1. The Kier molecular flexibility index (Phi) is 6.20. The molecular weight excluding hydrogens is 376 g/mol. The molecule has 1 aromatic carbocycles. The molecule has 1 amide bonds. The molecule has 8 heteroatoms. The highest BCUT2D eigenvalue weighted by Crippen LogP contribution is 2.25. The average Bonchev–Trinajstić information content (AvgIpc) is 3.34. The Morgan fingerprint density at radius 3 is 2.68 bits per heavy atom. The molecule has 2 aromatic heterocycles. The molecule has 1 N–H and O–H groups in total. The van der Waals surface area contributed by atoms with Crippen LogP contribution in [-0.2, 0) is 4.79 Å². The summed E-state index contributed by atoms with van der Waals surface area (Å²) in [7, 11) is 0. The molecule has 0 aliphatic carbocycles. The van der Waals surface area contributed by atoms with E-state index < -0.39 is 5.97 Å². The van der Waals surface area contributed by atoms with Crippen LogP contribution in [0.1, 0.15) is 30.8 Å². The molecule has 0 aliphatic heterocycles. The Morgan fingerprint density at radius 2 is 2.00 bits per heavy atom. The third kappa shape index (κ3) is 4.83. The van der Waals surface area contributed by atoms with E-state index in [9.17, 15) is 9.59 Å². The first kappa shape index (κ1) is 19.8. The minimum Gasteiger partial charge on any atom is -0.481 e. The van der Waals surface area contributed by atoms with Crippen molar-refractivity contribution in [1.29, 1.82) is 0 Å². The molecule has 146 valence electrons. The van der Waals surface area contributed by atoms with Gasteiger partial charge in [0.05, 0.1) is 18.3 Å². The molecule has 0 radical (unpaired) electrons. The first-order valence-electron chi connectivity index (χ1n) is 9.01. The molecule has 0 spiro atoms. The summed E-state index contributed by atoms with van der Waals surface area (Å²) in [5, 5.41) is 15.7. The van der Waals surface area contributed by atoms with Crippen LogP contribution < -0.4 is 0 Å². The van der Waals surface area contributed by atoms with Gasteiger partial charge in [0.2, 0.25) is 0 Å². The minimum absolute atomic E-state index is 0.0840. The van der Waals surface area contributed by atoms with Crippen molar-refractivity contribution in [2.75, 3.05) is 13.1 Å². The van der Waals surface area contributed by atoms with E-state index in [4.69, 9.17) is 5.11 Å². The molecule has 3 rings (SSSR count). The minimum atomic E-state index is -0.922. The van der Waals surface area contributed by atoms with E-state index in [0.717, 1.165) is 11.3 Å². The SMILES string of the molecule is CC(C)CN(CCC(=O)O)C(=O)c1csc(-c2cnn(-c3ccccc3)c2)n1. The number of hydrogen-bond acceptors (Lipinski definition) is 5. The zero-order valence-electron chi connectivity index (χ0n) is 15.8. The first-order valence-corrected chi connectivity index (χ1v) is 9.89. The summed E-state index contributed by atoms with van der Waals surface area (Å²) in [5.74, 6) is -0.929. The number of aromatic nitrogens is 3. The Bertz CT molecular complexity index is 949. The highest BCUT2D eigenvalue weighted by atomic mass is 32.1. The standard InChI is InChI=1S/C20H22N4O3S/c1-14(2)11-23(9-8-18(25)26)20(27)17-13-28-19(22-17)15-10-21-24(12-15)16-6-4-3-5-7-16/h3-7,10,12-14H,8-9,11H2,1-2H3,(H,25,26). The van der Waals surface area contributed by atoms with Gasteiger partial charge in [-0.1, -0.05) is 32.0 Å². The highest BCUT2D eigenvalue weighted by molar-refractivity contribution is 7.13. The van der Waals surface area contributed by atoms with E-state index >= 15 is 0 Å². The van der Waals surface area contributed by atoms with Gasteiger partial charge in [0.25, 0.3) is 5.91 Å². The first-order chi connectivity index (χ1) is 13.4. The number of carbonyl (C=O) groups is 2. The van der Waals surface area contributed by atoms with Crippen molar-refractivity contribution in [2.24, 2.45) is 5.92 Å². The van der Waals surface area contributed by atoms with E-state index in [-0.39, 0.29) is 24.8 Å². The Balaban J connectivity index is 1.77. The third-order valence-electron chi connectivity index (χ3n) is 4.04. The van der Waals surface area contributed by atoms with Gasteiger partial charge in [0, 0.05) is 30.2 Å². The zero-order valence-corrected chi connectivity index (χ0v) is 16.6. The van der Waals surface area contributed by atoms with Gasteiger partial charge in [-0.25, -0.2) is 9.67 Å². The maximum Gasteiger partial charge on any atom is 0.305 e. The van der Waals surface area contributed by atoms with E-state index in [1.54, 1.807) is 21.2 Å². The van der Waals surface area contributed by atoms with E-state index in [1.807, 2.05) is 50.4 Å². The smallest absolute Gasteiger partial charge is 0.305 e. The number of nitrogens with zero attached hydrogens (tertiary/aromatic N) is 4. The Morgan fingerprint density at radius 1 is 1.25 bits per heavy atom. The van der Waals surface area contributed by atoms with Crippen LogP contribution in [0.3, 0.4) is 0 Å². The van der Waals surface area contributed by atoms with E-state index in [0.29, 0.717) is 17.2 Å². The summed E-state index contributed by atoms with van der Waals surface area (Å²) in [6.45, 7) is 4.65. The summed E-state index contributed by atoms with van der Waals surface area (Å²) in [6, 6.07) is 9.74. The number of carboxylic acids is 1. The molecule has 0 saturated carbocycles. The summed E-state index contributed by atoms with van der Waals surface area (Å²) >= 11 is 1.37. The van der Waals surface area contributed by atoms with Crippen LogP contribution in [0.2, 0.25) is 0 Å². The molecule has 0 unspecified atom stereocenters. The Labute approximate surface area is 167 Å². The van der Waals surface area contributed by atoms with Gasteiger partial charge >= 0.3 is 5.97 Å². The van der Waals surface area contributed by atoms with Gasteiger partial charge in [-0.15, -0.1) is 11.3 Å². The third-order valence-corrected chi connectivity index (χ3v) is 4.93. The van der Waals surface area contributed by atoms with Crippen LogP contribution in [0, 0.1) is 5.92 Å². The molecule has 7 nitrogen and oxygen atoms in total. The van der Waals surface area contributed by atoms with Crippen LogP contribution in [0.25, 0.3) is 16.3 Å². The van der Waals surface area contributed by atoms with Gasteiger partial charge < -0.3 is 10.0 Å². The monoisotopic (exact) mass is 398 g/mol. The van der Waals surface area contributed by atoms with Crippen molar-refractivity contribution in [3.05, 3.63) is 53.8 Å². The van der Waals surface area contributed by atoms with Crippen LogP contribution in [0.5, 0.6) is 0 Å². The fraction of sp³-hybridized carbons (Fsp3) is 0.300. The predicted molar refractivity (Wildman–Crippen MR) is 108 cm³/mol. The molecule has 0 fully saturated rings. The summed E-state index contributed by atoms with van der Waals surface area (Å²) in [6.07, 6.45) is 3.51. The largest absolute Gasteiger partial charge is 0.481 e. The topological polar surface area (TPSA) is 88.3 Å². The normalized spacial score (nSPS) is 11.0. The van der Waals surface area contributed by atoms with Crippen molar-refractivity contribution >= 4 is 23.2 Å². The van der Waals surface area contributed by atoms with Crippen molar-refractivity contribution in [3.63, 3.8) is 0 Å². The summed E-state index contributed by atoms with van der Waals surface area (Å²) < 4.78 is 1.76. The fourth-order valence-electron chi connectivity index (χ4n) is 2.77. The molecular formula is C20H22N4O3S. The zero-order chi connectivity index (χ0) is 20.1. The van der Waals surface area contributed by atoms with Crippen LogP contribution in [0.4, 0.5) is 0 Å². The summed E-state index contributed by atoms with van der Waals surface area (Å²) in [5.41, 5.74) is 2.10. The van der Waals surface area contributed by atoms with Gasteiger partial charge in [-0.2, -0.15) is 5.10 Å². The number of rotatable bonds is 8. The average molecular weight is 398 g/mol. The van der Waals surface area contributed by atoms with Gasteiger partial charge in [0.15, 0.2) is 0 Å². The molecule has 2 heterocycles. The van der Waals surface area contributed by atoms with Crippen LogP contribution >= 0.6 is 11.3 Å². The van der Waals surface area contributed by atoms with Crippen molar-refractivity contribution in [1.82, 2.24) is 19.7 Å². The summed E-state index contributed by atoms with van der Waals surface area (Å²) in [4.78, 5) is 29.7. The lowest BCUT2D eigenvalue weighted by Crippen LogP contribution is -2.36. The molecule has 0 atom stereocenters. The van der Waals surface area contributed by atoms with Crippen molar-refractivity contribution in [3.8, 4) is 16.3 Å². The molecule has 0 aliphatic rings. The van der Waals surface area contributed by atoms with Crippen molar-refractivity contribution < 1.29 is 14.7 Å². The van der Waals surface area contributed by atoms with Gasteiger partial charge in [0.1, 0.15) is 10.7 Å². The fourth-order valence-corrected chi connectivity index (χ4v) is 3.54. The second kappa shape index (κ2) is 8.79. The quantitative estimate of drug-likeness (QED) is 0.627. The molecule has 3 aromatic rings. The lowest BCUT2D eigenvalue weighted by atomic mass is 10.2. The van der Waals surface area contributed by atoms with Gasteiger partial charge in [-0.05, 0) is 18.1 Å². The lowest BCUT2D eigenvalue weighted by Gasteiger charge is -2.23. The maximum atomic E-state index is 12.8. The van der Waals surface area contributed by atoms with Crippen LogP contribution in [0.15, 0.2) is 48.1 Å². The number of para-hydroxylation sites is 1. The van der Waals surface area contributed by atoms with E-state index in [1.165, 1.54) is 11.3 Å². The molecule has 0 saturated heterocycles. The number of hydrogen-bond donors (Lipinski definition) is 1. The highest BCUT2D eigenvalue weighted by Gasteiger charge is 2.21. The maximum absolute atomic E-state index is 12.8. The number of benzene rings is 1. The van der Waals surface area contributed by atoms with Crippen LogP contribution in [-0.4, -0.2) is 49.7 Å². The second-order valence-electron chi connectivity index (χ2n) is 6.84. The molecule has 28 heavy (non-hydrogen) atoms. The second-order valence-corrected chi connectivity index (χ2v) is 7.69. The Hall–Kier alpha value is -3.00. The predicted octanol–water partition coefficient (Wildman–Crippen LogP) is 3.57. The van der Waals surface area contributed by atoms with Crippen molar-refractivity contribution in [2.45, 2.75) is 20.3 Å².